The molecule has 0 aliphatic rings. The maximum Gasteiger partial charge on any atom is 0.259 e. The van der Waals surface area contributed by atoms with E-state index in [0.29, 0.717) is 24.3 Å². The summed E-state index contributed by atoms with van der Waals surface area (Å²) >= 11 is 0. The van der Waals surface area contributed by atoms with Crippen molar-refractivity contribution in [2.75, 3.05) is 0 Å². The van der Waals surface area contributed by atoms with E-state index < -0.39 is 0 Å². The minimum atomic E-state index is -0.0848. The molecule has 0 bridgehead atoms. The molecule has 0 aliphatic carbocycles. The lowest BCUT2D eigenvalue weighted by Gasteiger charge is -2.09. The van der Waals surface area contributed by atoms with Crippen LogP contribution in [0, 0.1) is 0 Å². The molecule has 128 valence electrons. The minimum Gasteiger partial charge on any atom is -0.328 e. The predicted molar refractivity (Wildman–Crippen MR) is 96.0 cm³/mol. The van der Waals surface area contributed by atoms with E-state index in [2.05, 4.69) is 19.9 Å². The Labute approximate surface area is 149 Å². The van der Waals surface area contributed by atoms with Crippen LogP contribution in [0.4, 0.5) is 0 Å². The molecule has 0 atom stereocenters. The summed E-state index contributed by atoms with van der Waals surface area (Å²) < 4.78 is 3.53. The summed E-state index contributed by atoms with van der Waals surface area (Å²) in [6.07, 6.45) is 12.4. The van der Waals surface area contributed by atoms with Gasteiger partial charge in [0.2, 0.25) is 0 Å². The highest BCUT2D eigenvalue weighted by molar-refractivity contribution is 5.27. The topological polar surface area (TPSA) is 78.5 Å². The van der Waals surface area contributed by atoms with Gasteiger partial charge in [0.15, 0.2) is 0 Å². The van der Waals surface area contributed by atoms with E-state index in [4.69, 9.17) is 0 Å². The maximum atomic E-state index is 12.8. The van der Waals surface area contributed by atoms with Gasteiger partial charge in [0, 0.05) is 48.7 Å². The summed E-state index contributed by atoms with van der Waals surface area (Å²) in [4.78, 5) is 29.7. The first kappa shape index (κ1) is 15.9. The number of aromatic nitrogens is 6. The van der Waals surface area contributed by atoms with E-state index in [9.17, 15) is 4.79 Å². The Morgan fingerprint density at radius 1 is 0.923 bits per heavy atom. The molecule has 4 aromatic heterocycles. The van der Waals surface area contributed by atoms with Crippen molar-refractivity contribution in [3.63, 3.8) is 0 Å². The van der Waals surface area contributed by atoms with E-state index >= 15 is 0 Å². The van der Waals surface area contributed by atoms with Crippen LogP contribution in [0.3, 0.4) is 0 Å². The maximum absolute atomic E-state index is 12.8. The van der Waals surface area contributed by atoms with Crippen LogP contribution in [0.5, 0.6) is 0 Å². The van der Waals surface area contributed by atoms with Gasteiger partial charge in [-0.3, -0.25) is 19.3 Å². The van der Waals surface area contributed by atoms with Gasteiger partial charge in [-0.2, -0.15) is 0 Å². The van der Waals surface area contributed by atoms with Gasteiger partial charge in [0.05, 0.1) is 24.8 Å². The summed E-state index contributed by atoms with van der Waals surface area (Å²) in [6, 6.07) is 9.18. The highest BCUT2D eigenvalue weighted by Gasteiger charge is 2.10. The fourth-order valence-corrected chi connectivity index (χ4v) is 2.77. The molecule has 0 fully saturated rings. The van der Waals surface area contributed by atoms with Crippen LogP contribution in [0.25, 0.3) is 5.82 Å². The molecule has 0 aliphatic heterocycles. The Morgan fingerprint density at radius 3 is 2.69 bits per heavy atom. The Hall–Kier alpha value is -3.61. The van der Waals surface area contributed by atoms with Gasteiger partial charge >= 0.3 is 0 Å². The molecule has 7 nitrogen and oxygen atoms in total. The number of rotatable bonds is 5. The third-order valence-electron chi connectivity index (χ3n) is 4.04. The molecule has 0 saturated carbocycles. The van der Waals surface area contributed by atoms with Crippen LogP contribution in [0.15, 0.2) is 78.6 Å². The molecule has 0 spiro atoms. The zero-order valence-electron chi connectivity index (χ0n) is 13.9. The van der Waals surface area contributed by atoms with Gasteiger partial charge in [0.25, 0.3) is 5.56 Å². The first-order chi connectivity index (χ1) is 12.8. The average molecular weight is 344 g/mol. The van der Waals surface area contributed by atoms with E-state index in [1.165, 1.54) is 0 Å². The zero-order valence-corrected chi connectivity index (χ0v) is 13.9. The van der Waals surface area contributed by atoms with Crippen molar-refractivity contribution in [2.24, 2.45) is 0 Å². The molecule has 4 heterocycles. The highest BCUT2D eigenvalue weighted by atomic mass is 16.1. The molecule has 0 radical (unpaired) electrons. The largest absolute Gasteiger partial charge is 0.328 e. The lowest BCUT2D eigenvalue weighted by atomic mass is 10.1. The summed E-state index contributed by atoms with van der Waals surface area (Å²) in [5, 5.41) is 0. The van der Waals surface area contributed by atoms with Gasteiger partial charge in [-0.05, 0) is 18.2 Å². The fraction of sp³-hybridized carbons (Fsp3) is 0.105. The number of hydrogen-bond donors (Lipinski definition) is 0. The molecule has 0 N–H and O–H groups in total. The summed E-state index contributed by atoms with van der Waals surface area (Å²) in [7, 11) is 0. The SMILES string of the molecule is O=c1c(Cc2cncn2Cc2cnccn2)cccn1-c1ccccn1. The first-order valence-electron chi connectivity index (χ1n) is 8.17. The average Bonchev–Trinajstić information content (AvgIpc) is 3.12. The fourth-order valence-electron chi connectivity index (χ4n) is 2.77. The van der Waals surface area contributed by atoms with Gasteiger partial charge in [-0.1, -0.05) is 12.1 Å². The Kier molecular flexibility index (Phi) is 4.34. The molecule has 0 amide bonds. The van der Waals surface area contributed by atoms with Crippen molar-refractivity contribution in [1.82, 2.24) is 29.1 Å². The van der Waals surface area contributed by atoms with Crippen molar-refractivity contribution < 1.29 is 0 Å². The summed E-state index contributed by atoms with van der Waals surface area (Å²) in [5.74, 6) is 0.604. The van der Waals surface area contributed by atoms with Crippen LogP contribution in [0.2, 0.25) is 0 Å². The second-order valence-electron chi connectivity index (χ2n) is 5.78. The normalized spacial score (nSPS) is 10.8. The van der Waals surface area contributed by atoms with Crippen LogP contribution in [0.1, 0.15) is 17.0 Å². The van der Waals surface area contributed by atoms with Crippen LogP contribution in [-0.2, 0) is 13.0 Å². The Bertz CT molecular complexity index is 1060. The van der Waals surface area contributed by atoms with Crippen LogP contribution in [-0.4, -0.2) is 29.1 Å². The second kappa shape index (κ2) is 7.10. The van der Waals surface area contributed by atoms with Crippen LogP contribution < -0.4 is 5.56 Å². The zero-order chi connectivity index (χ0) is 17.8. The molecule has 4 rings (SSSR count). The third kappa shape index (κ3) is 3.27. The summed E-state index contributed by atoms with van der Waals surface area (Å²) in [6.45, 7) is 0.560. The number of nitrogens with zero attached hydrogens (tertiary/aromatic N) is 6. The molecular formula is C19H16N6O. The highest BCUT2D eigenvalue weighted by Crippen LogP contribution is 2.09. The van der Waals surface area contributed by atoms with Gasteiger partial charge in [-0.25, -0.2) is 9.97 Å². The van der Waals surface area contributed by atoms with Crippen molar-refractivity contribution in [3.8, 4) is 5.82 Å². The Morgan fingerprint density at radius 2 is 1.88 bits per heavy atom. The molecule has 4 aromatic rings. The van der Waals surface area contributed by atoms with Crippen LogP contribution >= 0.6 is 0 Å². The van der Waals surface area contributed by atoms with Crippen molar-refractivity contribution in [1.29, 1.82) is 0 Å². The lowest BCUT2D eigenvalue weighted by molar-refractivity contribution is 0.728. The molecular weight excluding hydrogens is 328 g/mol. The monoisotopic (exact) mass is 344 g/mol. The van der Waals surface area contributed by atoms with E-state index in [1.807, 2.05) is 34.9 Å². The molecule has 0 saturated heterocycles. The molecule has 0 aromatic carbocycles. The number of imidazole rings is 1. The Balaban J connectivity index is 1.63. The molecule has 7 heteroatoms. The minimum absolute atomic E-state index is 0.0848. The number of pyridine rings is 2. The standard InChI is InChI=1S/C19H16N6O/c26-19-15(4-3-9-25(19)18-5-1-2-6-23-18)10-17-12-21-14-24(17)13-16-11-20-7-8-22-16/h1-9,11-12,14H,10,13H2. The lowest BCUT2D eigenvalue weighted by Crippen LogP contribution is -2.23. The predicted octanol–water partition coefficient (Wildman–Crippen LogP) is 1.86. The van der Waals surface area contributed by atoms with Crippen molar-refractivity contribution >= 4 is 0 Å². The summed E-state index contributed by atoms with van der Waals surface area (Å²) in [5.41, 5.74) is 2.37. The second-order valence-corrected chi connectivity index (χ2v) is 5.78. The molecule has 26 heavy (non-hydrogen) atoms. The molecule has 0 unspecified atom stereocenters. The number of hydrogen-bond acceptors (Lipinski definition) is 5. The third-order valence-corrected chi connectivity index (χ3v) is 4.04. The van der Waals surface area contributed by atoms with E-state index in [1.54, 1.807) is 48.1 Å². The quantitative estimate of drug-likeness (QED) is 0.552. The van der Waals surface area contributed by atoms with Gasteiger partial charge in [0.1, 0.15) is 5.82 Å². The van der Waals surface area contributed by atoms with Gasteiger partial charge < -0.3 is 4.57 Å². The smallest absolute Gasteiger partial charge is 0.259 e. The van der Waals surface area contributed by atoms with Crippen molar-refractivity contribution in [2.45, 2.75) is 13.0 Å². The van der Waals surface area contributed by atoms with Crippen molar-refractivity contribution in [3.05, 3.63) is 101 Å². The first-order valence-corrected chi connectivity index (χ1v) is 8.17. The van der Waals surface area contributed by atoms with Gasteiger partial charge in [-0.15, -0.1) is 0 Å². The van der Waals surface area contributed by atoms with E-state index in [0.717, 1.165) is 11.4 Å². The van der Waals surface area contributed by atoms with E-state index in [-0.39, 0.29) is 5.56 Å².